The Morgan fingerprint density at radius 2 is 2.17 bits per heavy atom. The SMILES string of the molecule is CCCSc1nc(N)nc(S)n1. The van der Waals surface area contributed by atoms with Crippen molar-refractivity contribution in [2.75, 3.05) is 11.5 Å². The summed E-state index contributed by atoms with van der Waals surface area (Å²) in [6.07, 6.45) is 1.08. The monoisotopic (exact) mass is 202 g/mol. The van der Waals surface area contributed by atoms with Gasteiger partial charge < -0.3 is 5.73 Å². The summed E-state index contributed by atoms with van der Waals surface area (Å²) in [5.41, 5.74) is 5.41. The van der Waals surface area contributed by atoms with E-state index in [9.17, 15) is 0 Å². The Morgan fingerprint density at radius 1 is 1.42 bits per heavy atom. The highest BCUT2D eigenvalue weighted by atomic mass is 32.2. The summed E-state index contributed by atoms with van der Waals surface area (Å²) in [4.78, 5) is 11.7. The molecule has 4 nitrogen and oxygen atoms in total. The van der Waals surface area contributed by atoms with Gasteiger partial charge in [-0.05, 0) is 6.42 Å². The predicted molar refractivity (Wildman–Crippen MR) is 52.5 cm³/mol. The van der Waals surface area contributed by atoms with E-state index in [0.29, 0.717) is 10.3 Å². The van der Waals surface area contributed by atoms with Crippen molar-refractivity contribution in [3.8, 4) is 0 Å². The van der Waals surface area contributed by atoms with Crippen LogP contribution in [0.15, 0.2) is 10.3 Å². The van der Waals surface area contributed by atoms with Crippen molar-refractivity contribution in [2.24, 2.45) is 0 Å². The molecule has 12 heavy (non-hydrogen) atoms. The van der Waals surface area contributed by atoms with Crippen LogP contribution in [0, 0.1) is 0 Å². The van der Waals surface area contributed by atoms with Crippen LogP contribution >= 0.6 is 24.4 Å². The van der Waals surface area contributed by atoms with Crippen LogP contribution < -0.4 is 5.73 Å². The quantitative estimate of drug-likeness (QED) is 0.570. The predicted octanol–water partition coefficient (Wildman–Crippen LogP) is 1.24. The molecule has 0 amide bonds. The summed E-state index contributed by atoms with van der Waals surface area (Å²) in [6, 6.07) is 0. The zero-order valence-corrected chi connectivity index (χ0v) is 8.40. The molecular formula is C6H10N4S2. The standard InChI is InChI=1S/C6H10N4S2/c1-2-3-12-6-9-4(7)8-5(11)10-6/h2-3H2,1H3,(H3,7,8,9,10,11). The molecule has 0 unspecified atom stereocenters. The number of hydrogen-bond donors (Lipinski definition) is 2. The first kappa shape index (κ1) is 9.60. The Kier molecular flexibility index (Phi) is 3.61. The molecule has 0 saturated carbocycles. The van der Waals surface area contributed by atoms with E-state index >= 15 is 0 Å². The molecular weight excluding hydrogens is 192 g/mol. The first-order valence-corrected chi connectivity index (χ1v) is 4.99. The van der Waals surface area contributed by atoms with Crippen molar-refractivity contribution in [3.05, 3.63) is 0 Å². The third-order valence-electron chi connectivity index (χ3n) is 1.06. The summed E-state index contributed by atoms with van der Waals surface area (Å²) in [5, 5.41) is 1.02. The summed E-state index contributed by atoms with van der Waals surface area (Å²) in [5.74, 6) is 1.21. The average molecular weight is 202 g/mol. The number of aromatic nitrogens is 3. The number of nitrogens with two attached hydrogens (primary N) is 1. The summed E-state index contributed by atoms with van der Waals surface area (Å²) < 4.78 is 0. The van der Waals surface area contributed by atoms with Crippen LogP contribution in [0.1, 0.15) is 13.3 Å². The second kappa shape index (κ2) is 4.51. The van der Waals surface area contributed by atoms with Gasteiger partial charge in [-0.3, -0.25) is 0 Å². The normalized spacial score (nSPS) is 10.2. The van der Waals surface area contributed by atoms with Crippen LogP contribution in [0.4, 0.5) is 5.95 Å². The van der Waals surface area contributed by atoms with Crippen molar-refractivity contribution in [2.45, 2.75) is 23.7 Å². The molecule has 0 atom stereocenters. The molecule has 2 N–H and O–H groups in total. The van der Waals surface area contributed by atoms with Crippen LogP contribution in [-0.2, 0) is 0 Å². The number of hydrogen-bond acceptors (Lipinski definition) is 6. The van der Waals surface area contributed by atoms with Crippen LogP contribution in [0.5, 0.6) is 0 Å². The number of nitrogens with zero attached hydrogens (tertiary/aromatic N) is 3. The fourth-order valence-electron chi connectivity index (χ4n) is 0.619. The minimum atomic E-state index is 0.230. The summed E-state index contributed by atoms with van der Waals surface area (Å²) >= 11 is 5.55. The molecule has 6 heteroatoms. The van der Waals surface area contributed by atoms with E-state index in [1.54, 1.807) is 11.8 Å². The van der Waals surface area contributed by atoms with Gasteiger partial charge in [-0.1, -0.05) is 18.7 Å². The minimum absolute atomic E-state index is 0.230. The van der Waals surface area contributed by atoms with Crippen molar-refractivity contribution in [1.29, 1.82) is 0 Å². The average Bonchev–Trinajstić information content (AvgIpc) is 1.99. The lowest BCUT2D eigenvalue weighted by molar-refractivity contribution is 0.816. The van der Waals surface area contributed by atoms with Crippen molar-refractivity contribution in [1.82, 2.24) is 15.0 Å². The fraction of sp³-hybridized carbons (Fsp3) is 0.500. The molecule has 0 aromatic carbocycles. The van der Waals surface area contributed by atoms with Gasteiger partial charge in [0, 0.05) is 5.75 Å². The second-order valence-corrected chi connectivity index (χ2v) is 3.59. The maximum atomic E-state index is 5.41. The largest absolute Gasteiger partial charge is 0.368 e. The third-order valence-corrected chi connectivity index (χ3v) is 2.31. The van der Waals surface area contributed by atoms with Crippen molar-refractivity contribution in [3.63, 3.8) is 0 Å². The lowest BCUT2D eigenvalue weighted by atomic mass is 10.6. The van der Waals surface area contributed by atoms with Gasteiger partial charge in [-0.15, -0.1) is 12.6 Å². The maximum absolute atomic E-state index is 5.41. The van der Waals surface area contributed by atoms with Gasteiger partial charge in [0.05, 0.1) is 0 Å². The van der Waals surface area contributed by atoms with Gasteiger partial charge in [0.25, 0.3) is 0 Å². The zero-order chi connectivity index (χ0) is 8.97. The van der Waals surface area contributed by atoms with E-state index in [4.69, 9.17) is 5.73 Å². The van der Waals surface area contributed by atoms with Gasteiger partial charge >= 0.3 is 0 Å². The second-order valence-electron chi connectivity index (χ2n) is 2.12. The van der Waals surface area contributed by atoms with Gasteiger partial charge in [-0.25, -0.2) is 0 Å². The Hall–Kier alpha value is -0.490. The van der Waals surface area contributed by atoms with Crippen LogP contribution in [0.2, 0.25) is 0 Å². The van der Waals surface area contributed by atoms with Crippen LogP contribution in [-0.4, -0.2) is 20.7 Å². The van der Waals surface area contributed by atoms with E-state index in [1.165, 1.54) is 0 Å². The first-order valence-electron chi connectivity index (χ1n) is 3.55. The molecule has 0 aliphatic rings. The molecule has 0 spiro atoms. The first-order chi connectivity index (χ1) is 5.72. The Labute approximate surface area is 80.8 Å². The highest BCUT2D eigenvalue weighted by Crippen LogP contribution is 2.15. The van der Waals surface area contributed by atoms with Gasteiger partial charge in [0.2, 0.25) is 5.95 Å². The smallest absolute Gasteiger partial charge is 0.225 e. The van der Waals surface area contributed by atoms with Gasteiger partial charge in [0.1, 0.15) is 0 Å². The van der Waals surface area contributed by atoms with Gasteiger partial charge in [0.15, 0.2) is 10.3 Å². The molecule has 1 heterocycles. The lowest BCUT2D eigenvalue weighted by Crippen LogP contribution is -1.99. The lowest BCUT2D eigenvalue weighted by Gasteiger charge is -1.99. The molecule has 1 rings (SSSR count). The van der Waals surface area contributed by atoms with Crippen molar-refractivity contribution >= 4 is 30.3 Å². The molecule has 1 aromatic rings. The van der Waals surface area contributed by atoms with E-state index in [1.807, 2.05) is 0 Å². The molecule has 66 valence electrons. The molecule has 0 saturated heterocycles. The Morgan fingerprint density at radius 3 is 2.75 bits per heavy atom. The number of thioether (sulfide) groups is 1. The highest BCUT2D eigenvalue weighted by Gasteiger charge is 2.00. The van der Waals surface area contributed by atoms with E-state index in [0.717, 1.165) is 12.2 Å². The van der Waals surface area contributed by atoms with Crippen LogP contribution in [0.25, 0.3) is 0 Å². The topological polar surface area (TPSA) is 64.7 Å². The Balaban J connectivity index is 2.72. The third kappa shape index (κ3) is 2.86. The number of rotatable bonds is 3. The minimum Gasteiger partial charge on any atom is -0.368 e. The van der Waals surface area contributed by atoms with E-state index < -0.39 is 0 Å². The summed E-state index contributed by atoms with van der Waals surface area (Å²) in [6.45, 7) is 2.10. The number of nitrogen functional groups attached to an aromatic ring is 1. The number of thiol groups is 1. The molecule has 0 aliphatic carbocycles. The molecule has 1 aromatic heterocycles. The fourth-order valence-corrected chi connectivity index (χ4v) is 1.58. The highest BCUT2D eigenvalue weighted by molar-refractivity contribution is 7.99. The molecule has 0 fully saturated rings. The van der Waals surface area contributed by atoms with Crippen LogP contribution in [0.3, 0.4) is 0 Å². The van der Waals surface area contributed by atoms with E-state index in [-0.39, 0.29) is 5.95 Å². The Bertz CT molecular complexity index is 245. The van der Waals surface area contributed by atoms with Crippen molar-refractivity contribution < 1.29 is 0 Å². The van der Waals surface area contributed by atoms with E-state index in [2.05, 4.69) is 34.5 Å². The summed E-state index contributed by atoms with van der Waals surface area (Å²) in [7, 11) is 0. The molecule has 0 aliphatic heterocycles. The molecule has 0 radical (unpaired) electrons. The zero-order valence-electron chi connectivity index (χ0n) is 6.69. The molecule has 0 bridgehead atoms. The van der Waals surface area contributed by atoms with Gasteiger partial charge in [-0.2, -0.15) is 15.0 Å². The number of anilines is 1. The maximum Gasteiger partial charge on any atom is 0.225 e.